The van der Waals surface area contributed by atoms with Gasteiger partial charge < -0.3 is 4.74 Å². The summed E-state index contributed by atoms with van der Waals surface area (Å²) in [5, 5.41) is 0. The normalized spacial score (nSPS) is 12.1. The van der Waals surface area contributed by atoms with Crippen LogP contribution in [0.4, 0.5) is 0 Å². The Morgan fingerprint density at radius 2 is 1.11 bits per heavy atom. The Balaban J connectivity index is 3.21. The Morgan fingerprint density at radius 3 is 1.54 bits per heavy atom. The van der Waals surface area contributed by atoms with E-state index in [0.717, 1.165) is 12.3 Å². The highest BCUT2D eigenvalue weighted by molar-refractivity contribution is 5.86. The number of carbonyl (C=O) groups excluding carboxylic acids is 1. The number of rotatable bonds is 21. The van der Waals surface area contributed by atoms with Gasteiger partial charge in [-0.3, -0.25) is 0 Å². The van der Waals surface area contributed by atoms with Crippen LogP contribution in [-0.4, -0.2) is 12.6 Å². The average Bonchev–Trinajstić information content (AvgIpc) is 2.67. The van der Waals surface area contributed by atoms with Gasteiger partial charge in [0, 0.05) is 5.57 Å². The molecule has 0 spiro atoms. The van der Waals surface area contributed by atoms with Crippen molar-refractivity contribution in [2.75, 3.05) is 6.61 Å². The van der Waals surface area contributed by atoms with E-state index in [1.165, 1.54) is 109 Å². The second-order valence-electron chi connectivity index (χ2n) is 8.90. The van der Waals surface area contributed by atoms with Gasteiger partial charge in [-0.15, -0.1) is 0 Å². The lowest BCUT2D eigenvalue weighted by molar-refractivity contribution is -0.139. The molecule has 28 heavy (non-hydrogen) atoms. The summed E-state index contributed by atoms with van der Waals surface area (Å²) in [5.74, 6) is 0.665. The van der Waals surface area contributed by atoms with Gasteiger partial charge in [-0.1, -0.05) is 130 Å². The van der Waals surface area contributed by atoms with Crippen molar-refractivity contribution in [3.05, 3.63) is 12.2 Å². The molecule has 1 atom stereocenters. The van der Waals surface area contributed by atoms with Crippen LogP contribution in [0.1, 0.15) is 136 Å². The van der Waals surface area contributed by atoms with Gasteiger partial charge in [0.15, 0.2) is 0 Å². The van der Waals surface area contributed by atoms with Crippen LogP contribution < -0.4 is 0 Å². The van der Waals surface area contributed by atoms with Crippen LogP contribution in [0.5, 0.6) is 0 Å². The number of hydrogen-bond acceptors (Lipinski definition) is 2. The third-order valence-electron chi connectivity index (χ3n) is 5.72. The number of esters is 1. The van der Waals surface area contributed by atoms with Gasteiger partial charge in [0.05, 0.1) is 6.61 Å². The van der Waals surface area contributed by atoms with E-state index in [9.17, 15) is 4.79 Å². The lowest BCUT2D eigenvalue weighted by atomic mass is 9.95. The summed E-state index contributed by atoms with van der Waals surface area (Å²) >= 11 is 0. The molecule has 0 aliphatic carbocycles. The van der Waals surface area contributed by atoms with Crippen molar-refractivity contribution in [2.24, 2.45) is 5.92 Å². The first kappa shape index (κ1) is 27.2. The minimum absolute atomic E-state index is 0.253. The molecular formula is C26H50O2. The fraction of sp³-hybridized carbons (Fsp3) is 0.885. The topological polar surface area (TPSA) is 26.3 Å². The van der Waals surface area contributed by atoms with Gasteiger partial charge in [0.1, 0.15) is 0 Å². The zero-order valence-electron chi connectivity index (χ0n) is 19.5. The molecule has 2 nitrogen and oxygen atoms in total. The number of hydrogen-bond donors (Lipinski definition) is 0. The maximum absolute atomic E-state index is 11.2. The third kappa shape index (κ3) is 20.0. The maximum Gasteiger partial charge on any atom is 0.333 e. The van der Waals surface area contributed by atoms with Crippen LogP contribution in [0.2, 0.25) is 0 Å². The van der Waals surface area contributed by atoms with Crippen LogP contribution in [0.3, 0.4) is 0 Å². The van der Waals surface area contributed by atoms with Crippen molar-refractivity contribution in [2.45, 2.75) is 136 Å². The van der Waals surface area contributed by atoms with Crippen LogP contribution in [0.25, 0.3) is 0 Å². The monoisotopic (exact) mass is 394 g/mol. The molecule has 0 aliphatic rings. The standard InChI is InChI=1S/C26H50O2/c1-5-6-7-8-9-12-15-18-21-25(4)22-19-16-13-10-11-14-17-20-23-28-26(27)24(2)3/h25H,2,5-23H2,1,3-4H3. The highest BCUT2D eigenvalue weighted by atomic mass is 16.5. The SMILES string of the molecule is C=C(C)C(=O)OCCCCCCCCCCC(C)CCCCCCCCCC. The molecule has 0 bridgehead atoms. The quantitative estimate of drug-likeness (QED) is 0.110. The Labute approximate surface area is 176 Å². The molecule has 0 aromatic rings. The summed E-state index contributed by atoms with van der Waals surface area (Å²) in [6, 6.07) is 0. The summed E-state index contributed by atoms with van der Waals surface area (Å²) in [6.07, 6.45) is 24.6. The highest BCUT2D eigenvalue weighted by Crippen LogP contribution is 2.19. The van der Waals surface area contributed by atoms with E-state index in [4.69, 9.17) is 4.74 Å². The summed E-state index contributed by atoms with van der Waals surface area (Å²) < 4.78 is 5.11. The predicted octanol–water partition coefficient (Wildman–Crippen LogP) is 8.78. The molecule has 0 aromatic heterocycles. The molecule has 0 rings (SSSR count). The van der Waals surface area contributed by atoms with E-state index >= 15 is 0 Å². The Bertz CT molecular complexity index is 361. The number of unbranched alkanes of at least 4 members (excludes halogenated alkanes) is 14. The van der Waals surface area contributed by atoms with E-state index in [1.807, 2.05) is 0 Å². The summed E-state index contributed by atoms with van der Waals surface area (Å²) in [6.45, 7) is 10.6. The summed E-state index contributed by atoms with van der Waals surface area (Å²) in [4.78, 5) is 11.2. The minimum Gasteiger partial charge on any atom is -0.462 e. The third-order valence-corrected chi connectivity index (χ3v) is 5.72. The fourth-order valence-electron chi connectivity index (χ4n) is 3.71. The van der Waals surface area contributed by atoms with Gasteiger partial charge in [-0.25, -0.2) is 4.79 Å². The van der Waals surface area contributed by atoms with Crippen LogP contribution in [0.15, 0.2) is 12.2 Å². The zero-order chi connectivity index (χ0) is 20.9. The van der Waals surface area contributed by atoms with Crippen molar-refractivity contribution in [3.63, 3.8) is 0 Å². The highest BCUT2D eigenvalue weighted by Gasteiger charge is 2.03. The molecule has 0 N–H and O–H groups in total. The van der Waals surface area contributed by atoms with Gasteiger partial charge >= 0.3 is 5.97 Å². The van der Waals surface area contributed by atoms with E-state index in [1.54, 1.807) is 6.92 Å². The molecule has 0 heterocycles. The molecule has 2 heteroatoms. The first-order chi connectivity index (χ1) is 13.6. The molecule has 166 valence electrons. The fourth-order valence-corrected chi connectivity index (χ4v) is 3.71. The van der Waals surface area contributed by atoms with Crippen LogP contribution >= 0.6 is 0 Å². The van der Waals surface area contributed by atoms with Gasteiger partial charge in [-0.05, 0) is 19.3 Å². The largest absolute Gasteiger partial charge is 0.462 e. The van der Waals surface area contributed by atoms with Crippen molar-refractivity contribution in [3.8, 4) is 0 Å². The molecule has 0 fully saturated rings. The predicted molar refractivity (Wildman–Crippen MR) is 124 cm³/mol. The molecule has 0 radical (unpaired) electrons. The maximum atomic E-state index is 11.2. The Morgan fingerprint density at radius 1 is 0.714 bits per heavy atom. The van der Waals surface area contributed by atoms with E-state index in [2.05, 4.69) is 20.4 Å². The molecular weight excluding hydrogens is 344 g/mol. The number of ether oxygens (including phenoxy) is 1. The smallest absolute Gasteiger partial charge is 0.333 e. The van der Waals surface area contributed by atoms with E-state index < -0.39 is 0 Å². The zero-order valence-corrected chi connectivity index (χ0v) is 19.5. The van der Waals surface area contributed by atoms with Crippen molar-refractivity contribution in [1.29, 1.82) is 0 Å². The van der Waals surface area contributed by atoms with Crippen LogP contribution in [0, 0.1) is 5.92 Å². The van der Waals surface area contributed by atoms with Gasteiger partial charge in [-0.2, -0.15) is 0 Å². The summed E-state index contributed by atoms with van der Waals surface area (Å²) in [7, 11) is 0. The number of carbonyl (C=O) groups is 1. The van der Waals surface area contributed by atoms with Gasteiger partial charge in [0.25, 0.3) is 0 Å². The van der Waals surface area contributed by atoms with Crippen molar-refractivity contribution in [1.82, 2.24) is 0 Å². The molecule has 0 amide bonds. The van der Waals surface area contributed by atoms with Gasteiger partial charge in [0.2, 0.25) is 0 Å². The molecule has 0 saturated heterocycles. The average molecular weight is 395 g/mol. The summed E-state index contributed by atoms with van der Waals surface area (Å²) in [5.41, 5.74) is 0.493. The van der Waals surface area contributed by atoms with E-state index in [-0.39, 0.29) is 5.97 Å². The minimum atomic E-state index is -0.253. The molecule has 0 saturated carbocycles. The second kappa shape index (κ2) is 20.9. The Kier molecular flexibility index (Phi) is 20.3. The Hall–Kier alpha value is -0.790. The van der Waals surface area contributed by atoms with Crippen LogP contribution in [-0.2, 0) is 9.53 Å². The lowest BCUT2D eigenvalue weighted by Gasteiger charge is -2.11. The lowest BCUT2D eigenvalue weighted by Crippen LogP contribution is -2.05. The second-order valence-corrected chi connectivity index (χ2v) is 8.90. The molecule has 0 aliphatic heterocycles. The van der Waals surface area contributed by atoms with Crippen molar-refractivity contribution >= 4 is 5.97 Å². The first-order valence-corrected chi connectivity index (χ1v) is 12.4. The molecule has 0 aromatic carbocycles. The first-order valence-electron chi connectivity index (χ1n) is 12.4. The van der Waals surface area contributed by atoms with E-state index in [0.29, 0.717) is 12.2 Å². The molecule has 1 unspecified atom stereocenters. The van der Waals surface area contributed by atoms with Crippen molar-refractivity contribution < 1.29 is 9.53 Å².